The first-order valence-corrected chi connectivity index (χ1v) is 10.6. The van der Waals surface area contributed by atoms with E-state index in [0.717, 1.165) is 49.1 Å². The summed E-state index contributed by atoms with van der Waals surface area (Å²) in [6.07, 6.45) is 5.49. The zero-order valence-corrected chi connectivity index (χ0v) is 16.9. The maximum absolute atomic E-state index is 12.5. The van der Waals surface area contributed by atoms with Gasteiger partial charge in [0.25, 0.3) is 0 Å². The Bertz CT molecular complexity index is 1050. The molecule has 1 aromatic heterocycles. The quantitative estimate of drug-likeness (QED) is 0.742. The zero-order valence-electron chi connectivity index (χ0n) is 16.9. The van der Waals surface area contributed by atoms with Crippen molar-refractivity contribution in [2.24, 2.45) is 0 Å². The van der Waals surface area contributed by atoms with Crippen LogP contribution < -0.4 is 5.32 Å². The molecule has 1 aliphatic heterocycles. The molecule has 2 aromatic carbocycles. The SMILES string of the molecule is Cc1ccc2c(c1)nnn2C1CCN(CC(=O)Nc2ccc3c(c2)CCC3)CC1. The van der Waals surface area contributed by atoms with Crippen LogP contribution in [-0.4, -0.2) is 45.4 Å². The smallest absolute Gasteiger partial charge is 0.238 e. The molecule has 0 atom stereocenters. The average molecular weight is 390 g/mol. The Kier molecular flexibility index (Phi) is 4.79. The lowest BCUT2D eigenvalue weighted by Gasteiger charge is -2.31. The molecule has 0 spiro atoms. The number of rotatable bonds is 4. The number of carbonyl (C=O) groups excluding carboxylic acids is 1. The number of amides is 1. The number of carbonyl (C=O) groups is 1. The van der Waals surface area contributed by atoms with Gasteiger partial charge in [-0.2, -0.15) is 0 Å². The van der Waals surface area contributed by atoms with Crippen LogP contribution in [-0.2, 0) is 17.6 Å². The summed E-state index contributed by atoms with van der Waals surface area (Å²) < 4.78 is 2.07. The second kappa shape index (κ2) is 7.59. The van der Waals surface area contributed by atoms with Crippen molar-refractivity contribution in [3.63, 3.8) is 0 Å². The molecule has 2 heterocycles. The van der Waals surface area contributed by atoms with Crippen molar-refractivity contribution in [2.45, 2.75) is 45.1 Å². The van der Waals surface area contributed by atoms with Crippen molar-refractivity contribution >= 4 is 22.6 Å². The number of hydrogen-bond acceptors (Lipinski definition) is 4. The molecule has 0 saturated carbocycles. The fraction of sp³-hybridized carbons (Fsp3) is 0.435. The number of benzene rings is 2. The highest BCUT2D eigenvalue weighted by atomic mass is 16.2. The number of fused-ring (bicyclic) bond motifs is 2. The number of nitrogens with one attached hydrogen (secondary N) is 1. The van der Waals surface area contributed by atoms with Crippen LogP contribution in [0.25, 0.3) is 11.0 Å². The standard InChI is InChI=1S/C23H27N5O/c1-16-5-8-22-21(13-16)25-26-28(22)20-9-11-27(12-10-20)15-23(29)24-19-7-6-17-3-2-4-18(17)14-19/h5-8,13-14,20H,2-4,9-12,15H2,1H3,(H,24,29). The molecule has 1 amide bonds. The van der Waals surface area contributed by atoms with E-state index in [-0.39, 0.29) is 5.91 Å². The van der Waals surface area contributed by atoms with Crippen LogP contribution in [0.15, 0.2) is 36.4 Å². The minimum Gasteiger partial charge on any atom is -0.325 e. The number of aryl methyl sites for hydroxylation is 3. The van der Waals surface area contributed by atoms with E-state index >= 15 is 0 Å². The topological polar surface area (TPSA) is 63.1 Å². The van der Waals surface area contributed by atoms with E-state index in [9.17, 15) is 4.79 Å². The molecule has 3 aromatic rings. The largest absolute Gasteiger partial charge is 0.325 e. The van der Waals surface area contributed by atoms with Gasteiger partial charge in [-0.25, -0.2) is 4.68 Å². The normalized spacial score (nSPS) is 17.6. The van der Waals surface area contributed by atoms with Crippen molar-refractivity contribution in [2.75, 3.05) is 25.0 Å². The summed E-state index contributed by atoms with van der Waals surface area (Å²) in [6.45, 7) is 4.32. The summed E-state index contributed by atoms with van der Waals surface area (Å²) in [4.78, 5) is 14.8. The first-order valence-electron chi connectivity index (χ1n) is 10.6. The number of nitrogens with zero attached hydrogens (tertiary/aromatic N) is 4. The molecule has 6 nitrogen and oxygen atoms in total. The predicted octanol–water partition coefficient (Wildman–Crippen LogP) is 3.50. The Labute approximate surface area is 170 Å². The van der Waals surface area contributed by atoms with Gasteiger partial charge in [0, 0.05) is 18.8 Å². The molecule has 0 unspecified atom stereocenters. The van der Waals surface area contributed by atoms with Crippen molar-refractivity contribution in [3.05, 3.63) is 53.1 Å². The van der Waals surface area contributed by atoms with Crippen molar-refractivity contribution < 1.29 is 4.79 Å². The molecule has 1 saturated heterocycles. The molecule has 0 bridgehead atoms. The Hall–Kier alpha value is -2.73. The molecule has 1 fully saturated rings. The summed E-state index contributed by atoms with van der Waals surface area (Å²) in [5.41, 5.74) is 7.01. The minimum absolute atomic E-state index is 0.0723. The third-order valence-corrected chi connectivity index (χ3v) is 6.28. The molecular formula is C23H27N5O. The van der Waals surface area contributed by atoms with Crippen LogP contribution in [0.1, 0.15) is 42.0 Å². The Morgan fingerprint density at radius 1 is 1.10 bits per heavy atom. The van der Waals surface area contributed by atoms with Crippen LogP contribution in [0, 0.1) is 6.92 Å². The first-order chi connectivity index (χ1) is 14.2. The predicted molar refractivity (Wildman–Crippen MR) is 114 cm³/mol. The summed E-state index contributed by atoms with van der Waals surface area (Å²) in [7, 11) is 0. The minimum atomic E-state index is 0.0723. The lowest BCUT2D eigenvalue weighted by molar-refractivity contribution is -0.117. The second-order valence-electron chi connectivity index (χ2n) is 8.42. The lowest BCUT2D eigenvalue weighted by Crippen LogP contribution is -2.39. The van der Waals surface area contributed by atoms with Crippen LogP contribution in [0.4, 0.5) is 5.69 Å². The van der Waals surface area contributed by atoms with Crippen molar-refractivity contribution in [1.29, 1.82) is 0 Å². The molecule has 150 valence electrons. The highest BCUT2D eigenvalue weighted by Crippen LogP contribution is 2.27. The van der Waals surface area contributed by atoms with Crippen molar-refractivity contribution in [3.8, 4) is 0 Å². The number of anilines is 1. The van der Waals surface area contributed by atoms with Gasteiger partial charge in [-0.3, -0.25) is 9.69 Å². The van der Waals surface area contributed by atoms with E-state index in [4.69, 9.17) is 0 Å². The molecule has 2 aliphatic rings. The Morgan fingerprint density at radius 2 is 1.93 bits per heavy atom. The third-order valence-electron chi connectivity index (χ3n) is 6.28. The molecule has 5 rings (SSSR count). The molecule has 1 aliphatic carbocycles. The van der Waals surface area contributed by atoms with Gasteiger partial charge in [0.05, 0.1) is 18.1 Å². The molecule has 1 N–H and O–H groups in total. The number of likely N-dealkylation sites (tertiary alicyclic amines) is 1. The van der Waals surface area contributed by atoms with Gasteiger partial charge in [0.1, 0.15) is 5.52 Å². The van der Waals surface area contributed by atoms with Gasteiger partial charge in [-0.05, 0) is 80.0 Å². The number of piperidine rings is 1. The Morgan fingerprint density at radius 3 is 2.79 bits per heavy atom. The van der Waals surface area contributed by atoms with Gasteiger partial charge < -0.3 is 5.32 Å². The van der Waals surface area contributed by atoms with E-state index in [1.165, 1.54) is 29.5 Å². The average Bonchev–Trinajstić information content (AvgIpc) is 3.34. The maximum Gasteiger partial charge on any atom is 0.238 e. The third kappa shape index (κ3) is 3.77. The second-order valence-corrected chi connectivity index (χ2v) is 8.42. The highest BCUT2D eigenvalue weighted by Gasteiger charge is 2.24. The van der Waals surface area contributed by atoms with E-state index in [2.05, 4.69) is 62.5 Å². The summed E-state index contributed by atoms with van der Waals surface area (Å²) >= 11 is 0. The summed E-state index contributed by atoms with van der Waals surface area (Å²) in [6, 6.07) is 13.0. The highest BCUT2D eigenvalue weighted by molar-refractivity contribution is 5.92. The molecular weight excluding hydrogens is 362 g/mol. The fourth-order valence-electron chi connectivity index (χ4n) is 4.70. The summed E-state index contributed by atoms with van der Waals surface area (Å²) in [5, 5.41) is 11.8. The van der Waals surface area contributed by atoms with Gasteiger partial charge in [-0.1, -0.05) is 17.3 Å². The molecule has 29 heavy (non-hydrogen) atoms. The van der Waals surface area contributed by atoms with Gasteiger partial charge in [0.15, 0.2) is 0 Å². The van der Waals surface area contributed by atoms with Crippen LogP contribution in [0.5, 0.6) is 0 Å². The fourth-order valence-corrected chi connectivity index (χ4v) is 4.70. The Balaban J connectivity index is 1.17. The van der Waals surface area contributed by atoms with Gasteiger partial charge >= 0.3 is 0 Å². The lowest BCUT2D eigenvalue weighted by atomic mass is 10.0. The number of hydrogen-bond donors (Lipinski definition) is 1. The summed E-state index contributed by atoms with van der Waals surface area (Å²) in [5.74, 6) is 0.0723. The van der Waals surface area contributed by atoms with Crippen LogP contribution in [0.3, 0.4) is 0 Å². The van der Waals surface area contributed by atoms with E-state index < -0.39 is 0 Å². The number of aromatic nitrogens is 3. The van der Waals surface area contributed by atoms with Gasteiger partial charge in [-0.15, -0.1) is 5.10 Å². The molecule has 6 heteroatoms. The zero-order chi connectivity index (χ0) is 19.8. The van der Waals surface area contributed by atoms with E-state index in [0.29, 0.717) is 12.6 Å². The first kappa shape index (κ1) is 18.3. The van der Waals surface area contributed by atoms with E-state index in [1.807, 2.05) is 6.07 Å². The van der Waals surface area contributed by atoms with Crippen molar-refractivity contribution in [1.82, 2.24) is 19.9 Å². The van der Waals surface area contributed by atoms with Crippen LogP contribution in [0.2, 0.25) is 0 Å². The van der Waals surface area contributed by atoms with E-state index in [1.54, 1.807) is 0 Å². The monoisotopic (exact) mass is 389 g/mol. The van der Waals surface area contributed by atoms with Gasteiger partial charge in [0.2, 0.25) is 5.91 Å². The maximum atomic E-state index is 12.5. The molecule has 0 radical (unpaired) electrons. The van der Waals surface area contributed by atoms with Crippen LogP contribution >= 0.6 is 0 Å².